The molecular formula is C24H20ClFN2O4S. The summed E-state index contributed by atoms with van der Waals surface area (Å²) in [4.78, 5) is 27.9. The minimum atomic E-state index is -3.31. The number of nitrogens with zero attached hydrogens (tertiary/aromatic N) is 1. The van der Waals surface area contributed by atoms with E-state index in [9.17, 15) is 22.4 Å². The topological polar surface area (TPSA) is 83.5 Å². The van der Waals surface area contributed by atoms with Gasteiger partial charge in [0.15, 0.2) is 9.84 Å². The normalized spacial score (nSPS) is 15.4. The standard InChI is InChI=1S/C24H20ClFN2O4S/c1-33(31,32)18-10-6-15(7-11-18)13-27-23(29)22-19-4-2-3-5-20(19)24(30)28(22)14-16-8-9-17(26)12-21(16)25/h2-12,22H,13-14H2,1H3,(H,27,29). The quantitative estimate of drug-likeness (QED) is 0.573. The predicted molar refractivity (Wildman–Crippen MR) is 122 cm³/mol. The Balaban J connectivity index is 1.57. The van der Waals surface area contributed by atoms with E-state index in [-0.39, 0.29) is 28.9 Å². The highest BCUT2D eigenvalue weighted by Gasteiger charge is 2.40. The van der Waals surface area contributed by atoms with Crippen LogP contribution in [0.4, 0.5) is 4.39 Å². The van der Waals surface area contributed by atoms with Gasteiger partial charge in [-0.2, -0.15) is 0 Å². The van der Waals surface area contributed by atoms with Gasteiger partial charge in [0.1, 0.15) is 11.9 Å². The first-order chi connectivity index (χ1) is 15.6. The van der Waals surface area contributed by atoms with Crippen molar-refractivity contribution in [1.29, 1.82) is 0 Å². The fraction of sp³-hybridized carbons (Fsp3) is 0.167. The molecule has 1 heterocycles. The van der Waals surface area contributed by atoms with Gasteiger partial charge in [0.05, 0.1) is 4.90 Å². The maximum absolute atomic E-state index is 13.4. The number of nitrogens with one attached hydrogen (secondary N) is 1. The Morgan fingerprint density at radius 2 is 1.79 bits per heavy atom. The molecular weight excluding hydrogens is 467 g/mol. The van der Waals surface area contributed by atoms with Crippen molar-refractivity contribution < 1.29 is 22.4 Å². The molecule has 0 aromatic heterocycles. The summed E-state index contributed by atoms with van der Waals surface area (Å²) in [6.07, 6.45) is 1.13. The lowest BCUT2D eigenvalue weighted by molar-refractivity contribution is -0.125. The third-order valence-electron chi connectivity index (χ3n) is 5.48. The van der Waals surface area contributed by atoms with E-state index < -0.39 is 27.6 Å². The second kappa shape index (κ2) is 8.96. The van der Waals surface area contributed by atoms with Crippen LogP contribution in [0.1, 0.15) is 33.1 Å². The third kappa shape index (κ3) is 4.77. The number of hydrogen-bond donors (Lipinski definition) is 1. The van der Waals surface area contributed by atoms with Gasteiger partial charge in [-0.3, -0.25) is 9.59 Å². The van der Waals surface area contributed by atoms with Crippen molar-refractivity contribution in [3.8, 4) is 0 Å². The van der Waals surface area contributed by atoms with Crippen LogP contribution in [-0.2, 0) is 27.7 Å². The van der Waals surface area contributed by atoms with Crippen molar-refractivity contribution in [1.82, 2.24) is 10.2 Å². The highest BCUT2D eigenvalue weighted by atomic mass is 35.5. The highest BCUT2D eigenvalue weighted by molar-refractivity contribution is 7.90. The Morgan fingerprint density at radius 3 is 2.45 bits per heavy atom. The van der Waals surface area contributed by atoms with E-state index in [1.165, 1.54) is 35.2 Å². The van der Waals surface area contributed by atoms with E-state index in [1.807, 2.05) is 0 Å². The first kappa shape index (κ1) is 22.9. The summed E-state index contributed by atoms with van der Waals surface area (Å²) < 4.78 is 36.7. The molecule has 0 saturated carbocycles. The molecule has 3 aromatic carbocycles. The molecule has 1 N–H and O–H groups in total. The second-order valence-corrected chi connectivity index (χ2v) is 10.2. The maximum Gasteiger partial charge on any atom is 0.255 e. The fourth-order valence-electron chi connectivity index (χ4n) is 3.79. The monoisotopic (exact) mass is 486 g/mol. The number of sulfone groups is 1. The van der Waals surface area contributed by atoms with Gasteiger partial charge in [-0.15, -0.1) is 0 Å². The predicted octanol–water partition coefficient (Wildman–Crippen LogP) is 3.90. The van der Waals surface area contributed by atoms with Crippen LogP contribution in [0.25, 0.3) is 0 Å². The van der Waals surface area contributed by atoms with E-state index in [0.29, 0.717) is 22.3 Å². The largest absolute Gasteiger partial charge is 0.350 e. The Kier molecular flexibility index (Phi) is 6.23. The van der Waals surface area contributed by atoms with Crippen molar-refractivity contribution in [3.63, 3.8) is 0 Å². The van der Waals surface area contributed by atoms with Crippen LogP contribution in [0.3, 0.4) is 0 Å². The molecule has 2 amide bonds. The summed E-state index contributed by atoms with van der Waals surface area (Å²) in [7, 11) is -3.31. The van der Waals surface area contributed by atoms with Crippen molar-refractivity contribution in [3.05, 3.63) is 99.8 Å². The van der Waals surface area contributed by atoms with Gasteiger partial charge in [0, 0.05) is 29.9 Å². The van der Waals surface area contributed by atoms with Gasteiger partial charge in [0.25, 0.3) is 5.91 Å². The van der Waals surface area contributed by atoms with Crippen LogP contribution in [0.15, 0.2) is 71.6 Å². The summed E-state index contributed by atoms with van der Waals surface area (Å²) >= 11 is 6.16. The number of amides is 2. The Bertz CT molecular complexity index is 1340. The molecule has 0 fully saturated rings. The van der Waals surface area contributed by atoms with Crippen molar-refractivity contribution in [2.75, 3.05) is 6.26 Å². The van der Waals surface area contributed by atoms with Crippen LogP contribution >= 0.6 is 11.6 Å². The Hall–Kier alpha value is -3.23. The zero-order valence-electron chi connectivity index (χ0n) is 17.6. The first-order valence-corrected chi connectivity index (χ1v) is 12.3. The number of carbonyl (C=O) groups excluding carboxylic acids is 2. The first-order valence-electron chi connectivity index (χ1n) is 10.1. The SMILES string of the molecule is CS(=O)(=O)c1ccc(CNC(=O)C2c3ccccc3C(=O)N2Cc2ccc(F)cc2Cl)cc1. The summed E-state index contributed by atoms with van der Waals surface area (Å²) in [5, 5.41) is 3.00. The van der Waals surface area contributed by atoms with Gasteiger partial charge in [-0.05, 0) is 47.0 Å². The molecule has 9 heteroatoms. The lowest BCUT2D eigenvalue weighted by Gasteiger charge is -2.25. The van der Waals surface area contributed by atoms with Crippen LogP contribution < -0.4 is 5.32 Å². The average Bonchev–Trinajstić information content (AvgIpc) is 3.05. The lowest BCUT2D eigenvalue weighted by Crippen LogP contribution is -2.38. The molecule has 6 nitrogen and oxygen atoms in total. The van der Waals surface area contributed by atoms with E-state index in [1.54, 1.807) is 36.4 Å². The van der Waals surface area contributed by atoms with Crippen molar-refractivity contribution in [2.24, 2.45) is 0 Å². The number of benzene rings is 3. The summed E-state index contributed by atoms with van der Waals surface area (Å²) in [5.74, 6) is -1.20. The second-order valence-electron chi connectivity index (χ2n) is 7.79. The molecule has 0 saturated heterocycles. The van der Waals surface area contributed by atoms with Crippen molar-refractivity contribution >= 4 is 33.3 Å². The van der Waals surface area contributed by atoms with Crippen LogP contribution in [0, 0.1) is 5.82 Å². The number of rotatable bonds is 6. The van der Waals surface area contributed by atoms with E-state index in [2.05, 4.69) is 5.32 Å². The smallest absolute Gasteiger partial charge is 0.255 e. The Morgan fingerprint density at radius 1 is 1.09 bits per heavy atom. The number of carbonyl (C=O) groups is 2. The minimum absolute atomic E-state index is 0.0355. The van der Waals surface area contributed by atoms with E-state index in [0.717, 1.165) is 6.26 Å². The molecule has 1 aliphatic rings. The molecule has 3 aromatic rings. The molecule has 1 unspecified atom stereocenters. The summed E-state index contributed by atoms with van der Waals surface area (Å²) in [6.45, 7) is 0.189. The van der Waals surface area contributed by atoms with E-state index >= 15 is 0 Å². The molecule has 170 valence electrons. The molecule has 1 atom stereocenters. The zero-order valence-corrected chi connectivity index (χ0v) is 19.2. The number of hydrogen-bond acceptors (Lipinski definition) is 4. The number of fused-ring (bicyclic) bond motifs is 1. The van der Waals surface area contributed by atoms with Gasteiger partial charge >= 0.3 is 0 Å². The molecule has 0 spiro atoms. The molecule has 0 radical (unpaired) electrons. The van der Waals surface area contributed by atoms with Gasteiger partial charge in [-0.1, -0.05) is 48.0 Å². The minimum Gasteiger partial charge on any atom is -0.350 e. The van der Waals surface area contributed by atoms with Crippen LogP contribution in [0.5, 0.6) is 0 Å². The van der Waals surface area contributed by atoms with Crippen LogP contribution in [-0.4, -0.2) is 31.4 Å². The van der Waals surface area contributed by atoms with E-state index in [4.69, 9.17) is 11.6 Å². The van der Waals surface area contributed by atoms with Crippen molar-refractivity contribution in [2.45, 2.75) is 24.0 Å². The highest BCUT2D eigenvalue weighted by Crippen LogP contribution is 2.36. The Labute approximate surface area is 195 Å². The molecule has 33 heavy (non-hydrogen) atoms. The van der Waals surface area contributed by atoms with Crippen LogP contribution in [0.2, 0.25) is 5.02 Å². The van der Waals surface area contributed by atoms with Gasteiger partial charge < -0.3 is 10.2 Å². The molecule has 0 aliphatic carbocycles. The molecule has 1 aliphatic heterocycles. The van der Waals surface area contributed by atoms with Gasteiger partial charge in [-0.25, -0.2) is 12.8 Å². The molecule has 4 rings (SSSR count). The average molecular weight is 487 g/mol. The summed E-state index contributed by atoms with van der Waals surface area (Å²) in [5.41, 5.74) is 2.23. The number of halogens is 2. The molecule has 0 bridgehead atoms. The summed E-state index contributed by atoms with van der Waals surface area (Å²) in [6, 6.07) is 16.1. The maximum atomic E-state index is 13.4. The fourth-order valence-corrected chi connectivity index (χ4v) is 4.65. The lowest BCUT2D eigenvalue weighted by atomic mass is 10.0. The third-order valence-corrected chi connectivity index (χ3v) is 6.96. The zero-order chi connectivity index (χ0) is 23.8. The van der Waals surface area contributed by atoms with Gasteiger partial charge in [0.2, 0.25) is 5.91 Å².